The van der Waals surface area contributed by atoms with E-state index in [9.17, 15) is 4.39 Å². The van der Waals surface area contributed by atoms with Gasteiger partial charge in [-0.2, -0.15) is 0 Å². The van der Waals surface area contributed by atoms with Crippen molar-refractivity contribution in [2.24, 2.45) is 0 Å². The summed E-state index contributed by atoms with van der Waals surface area (Å²) in [5.41, 5.74) is 0.979. The monoisotopic (exact) mass is 166 g/mol. The minimum atomic E-state index is -0.257. The fourth-order valence-corrected chi connectivity index (χ4v) is 1.58. The summed E-state index contributed by atoms with van der Waals surface area (Å²) in [7, 11) is 0. The molecule has 0 unspecified atom stereocenters. The first-order valence-corrected chi connectivity index (χ1v) is 3.92. The van der Waals surface area contributed by atoms with Gasteiger partial charge in [-0.1, -0.05) is 0 Å². The molecule has 2 heterocycles. The molecule has 0 spiro atoms. The Balaban J connectivity index is 2.12. The van der Waals surface area contributed by atoms with E-state index >= 15 is 0 Å². The van der Waals surface area contributed by atoms with E-state index in [0.29, 0.717) is 12.4 Å². The normalized spacial score (nSPS) is 30.1. The summed E-state index contributed by atoms with van der Waals surface area (Å²) in [5, 5.41) is 0. The van der Waals surface area contributed by atoms with Crippen LogP contribution < -0.4 is 4.74 Å². The first kappa shape index (κ1) is 6.43. The molecular weight excluding hydrogens is 159 g/mol. The fourth-order valence-electron chi connectivity index (χ4n) is 1.58. The van der Waals surface area contributed by atoms with Crippen LogP contribution in [-0.4, -0.2) is 12.7 Å². The number of hydrogen-bond acceptors (Lipinski definition) is 2. The molecule has 1 saturated heterocycles. The second-order valence-corrected chi connectivity index (χ2v) is 3.09. The lowest BCUT2D eigenvalue weighted by atomic mass is 10.1. The quantitative estimate of drug-likeness (QED) is 0.547. The average molecular weight is 166 g/mol. The van der Waals surface area contributed by atoms with Crippen molar-refractivity contribution in [1.29, 1.82) is 0 Å². The summed E-state index contributed by atoms with van der Waals surface area (Å²) in [4.78, 5) is 0. The molecule has 0 aromatic heterocycles. The van der Waals surface area contributed by atoms with Crippen molar-refractivity contribution >= 4 is 0 Å². The Hall–Kier alpha value is -1.09. The summed E-state index contributed by atoms with van der Waals surface area (Å²) in [6.45, 7) is 0.557. The summed E-state index contributed by atoms with van der Waals surface area (Å²) < 4.78 is 23.3. The smallest absolute Gasteiger partial charge is 0.128 e. The van der Waals surface area contributed by atoms with Crippen LogP contribution in [0.1, 0.15) is 11.7 Å². The number of benzene rings is 1. The van der Waals surface area contributed by atoms with Crippen molar-refractivity contribution in [3.63, 3.8) is 0 Å². The van der Waals surface area contributed by atoms with Crippen LogP contribution in [0.15, 0.2) is 18.2 Å². The number of hydrogen-bond donors (Lipinski definition) is 0. The minimum absolute atomic E-state index is 0.161. The highest BCUT2D eigenvalue weighted by Crippen LogP contribution is 2.46. The van der Waals surface area contributed by atoms with Crippen molar-refractivity contribution in [1.82, 2.24) is 0 Å². The molecule has 0 N–H and O–H groups in total. The van der Waals surface area contributed by atoms with Gasteiger partial charge in [0.05, 0.1) is 0 Å². The first-order chi connectivity index (χ1) is 5.84. The highest BCUT2D eigenvalue weighted by Gasteiger charge is 2.45. The lowest BCUT2D eigenvalue weighted by molar-refractivity contribution is 0.266. The van der Waals surface area contributed by atoms with Crippen LogP contribution in [0.4, 0.5) is 4.39 Å². The van der Waals surface area contributed by atoms with Gasteiger partial charge in [0.25, 0.3) is 0 Å². The van der Waals surface area contributed by atoms with Gasteiger partial charge < -0.3 is 9.47 Å². The topological polar surface area (TPSA) is 21.8 Å². The average Bonchev–Trinajstić information content (AvgIpc) is 2.82. The van der Waals surface area contributed by atoms with Gasteiger partial charge >= 0.3 is 0 Å². The van der Waals surface area contributed by atoms with E-state index in [0.717, 1.165) is 5.56 Å². The molecule has 0 saturated carbocycles. The molecule has 1 fully saturated rings. The summed E-state index contributed by atoms with van der Waals surface area (Å²) in [6.07, 6.45) is 0.373. The molecule has 2 aliphatic heterocycles. The SMILES string of the molecule is Fc1ccc2c(c1)OC[C@H]1O[C@@H]21. The maximum Gasteiger partial charge on any atom is 0.128 e. The van der Waals surface area contributed by atoms with E-state index in [2.05, 4.69) is 0 Å². The van der Waals surface area contributed by atoms with Crippen LogP contribution in [0, 0.1) is 5.82 Å². The molecule has 0 aliphatic carbocycles. The molecular formula is C9H7FO2. The highest BCUT2D eigenvalue weighted by molar-refractivity contribution is 5.40. The molecule has 0 bridgehead atoms. The van der Waals surface area contributed by atoms with Crippen molar-refractivity contribution in [2.75, 3.05) is 6.61 Å². The molecule has 3 rings (SSSR count). The Kier molecular flexibility index (Phi) is 1.06. The molecule has 1 aromatic rings. The maximum atomic E-state index is 12.7. The van der Waals surface area contributed by atoms with E-state index in [1.165, 1.54) is 12.1 Å². The number of ether oxygens (including phenoxy) is 2. The molecule has 62 valence electrons. The molecule has 12 heavy (non-hydrogen) atoms. The van der Waals surface area contributed by atoms with Crippen LogP contribution >= 0.6 is 0 Å². The standard InChI is InChI=1S/C9H7FO2/c10-5-1-2-6-7(3-5)11-4-8-9(6)12-8/h1-3,8-9H,4H2/t8-,9+/m1/s1. The van der Waals surface area contributed by atoms with Gasteiger partial charge in [-0.15, -0.1) is 0 Å². The Bertz CT molecular complexity index is 337. The third-order valence-electron chi connectivity index (χ3n) is 2.27. The Morgan fingerprint density at radius 3 is 3.25 bits per heavy atom. The Morgan fingerprint density at radius 2 is 2.33 bits per heavy atom. The van der Waals surface area contributed by atoms with E-state index in [1.54, 1.807) is 6.07 Å². The van der Waals surface area contributed by atoms with Gasteiger partial charge in [-0.05, 0) is 12.1 Å². The van der Waals surface area contributed by atoms with Gasteiger partial charge in [-0.3, -0.25) is 0 Å². The Morgan fingerprint density at radius 1 is 1.42 bits per heavy atom. The zero-order chi connectivity index (χ0) is 8.13. The van der Waals surface area contributed by atoms with Gasteiger partial charge in [0, 0.05) is 11.6 Å². The summed E-state index contributed by atoms with van der Waals surface area (Å²) in [6, 6.07) is 4.58. The molecule has 2 atom stereocenters. The van der Waals surface area contributed by atoms with Crippen molar-refractivity contribution in [3.8, 4) is 5.75 Å². The molecule has 3 heteroatoms. The molecule has 0 amide bonds. The predicted octanol–water partition coefficient (Wildman–Crippen LogP) is 1.66. The van der Waals surface area contributed by atoms with Gasteiger partial charge in [0.2, 0.25) is 0 Å². The van der Waals surface area contributed by atoms with Crippen LogP contribution in [0.5, 0.6) is 5.75 Å². The zero-order valence-electron chi connectivity index (χ0n) is 6.29. The maximum absolute atomic E-state index is 12.7. The second-order valence-electron chi connectivity index (χ2n) is 3.09. The summed E-state index contributed by atoms with van der Waals surface area (Å²) in [5.74, 6) is 0.376. The van der Waals surface area contributed by atoms with Gasteiger partial charge in [0.15, 0.2) is 0 Å². The van der Waals surface area contributed by atoms with E-state index in [4.69, 9.17) is 9.47 Å². The second kappa shape index (κ2) is 1.98. The molecule has 0 radical (unpaired) electrons. The lowest BCUT2D eigenvalue weighted by Crippen LogP contribution is -2.11. The van der Waals surface area contributed by atoms with Crippen LogP contribution in [0.25, 0.3) is 0 Å². The van der Waals surface area contributed by atoms with E-state index in [-0.39, 0.29) is 18.0 Å². The largest absolute Gasteiger partial charge is 0.490 e. The number of epoxide rings is 1. The molecule has 1 aromatic carbocycles. The lowest BCUT2D eigenvalue weighted by Gasteiger charge is -2.12. The third-order valence-corrected chi connectivity index (χ3v) is 2.27. The summed E-state index contributed by atoms with van der Waals surface area (Å²) >= 11 is 0. The number of fused-ring (bicyclic) bond motifs is 3. The van der Waals surface area contributed by atoms with E-state index < -0.39 is 0 Å². The van der Waals surface area contributed by atoms with Gasteiger partial charge in [0.1, 0.15) is 30.4 Å². The van der Waals surface area contributed by atoms with Crippen LogP contribution in [0.3, 0.4) is 0 Å². The third kappa shape index (κ3) is 0.770. The van der Waals surface area contributed by atoms with Crippen LogP contribution in [0.2, 0.25) is 0 Å². The first-order valence-electron chi connectivity index (χ1n) is 3.92. The van der Waals surface area contributed by atoms with Crippen molar-refractivity contribution in [3.05, 3.63) is 29.6 Å². The zero-order valence-corrected chi connectivity index (χ0v) is 6.29. The highest BCUT2D eigenvalue weighted by atomic mass is 19.1. The van der Waals surface area contributed by atoms with Crippen molar-refractivity contribution in [2.45, 2.75) is 12.2 Å². The number of rotatable bonds is 0. The minimum Gasteiger partial charge on any atom is -0.490 e. The van der Waals surface area contributed by atoms with E-state index in [1.807, 2.05) is 0 Å². The predicted molar refractivity (Wildman–Crippen MR) is 39.5 cm³/mol. The molecule has 2 nitrogen and oxygen atoms in total. The van der Waals surface area contributed by atoms with Crippen LogP contribution in [-0.2, 0) is 4.74 Å². The fraction of sp³-hybridized carbons (Fsp3) is 0.333. The number of halogens is 1. The molecule has 2 aliphatic rings. The van der Waals surface area contributed by atoms with Gasteiger partial charge in [-0.25, -0.2) is 4.39 Å². The Labute approximate surface area is 68.9 Å². The van der Waals surface area contributed by atoms with Crippen molar-refractivity contribution < 1.29 is 13.9 Å².